The predicted molar refractivity (Wildman–Crippen MR) is 103 cm³/mol. The Morgan fingerprint density at radius 3 is 1.17 bits per heavy atom. The molecule has 0 aromatic heterocycles. The van der Waals surface area contributed by atoms with Gasteiger partial charge in [-0.15, -0.1) is 0 Å². The van der Waals surface area contributed by atoms with Crippen molar-refractivity contribution in [2.24, 2.45) is 5.73 Å². The van der Waals surface area contributed by atoms with Gasteiger partial charge in [-0.3, -0.25) is 0 Å². The van der Waals surface area contributed by atoms with Gasteiger partial charge in [0.15, 0.2) is 0 Å². The van der Waals surface area contributed by atoms with Crippen LogP contribution >= 0.6 is 0 Å². The number of rotatable bonds is 18. The molecule has 0 saturated heterocycles. The first-order valence-corrected chi connectivity index (χ1v) is 12.9. The van der Waals surface area contributed by atoms with Crippen LogP contribution in [0, 0.1) is 0 Å². The molecule has 0 rings (SSSR count). The minimum atomic E-state index is -4.39. The van der Waals surface area contributed by atoms with E-state index in [1.165, 1.54) is 21.3 Å². The van der Waals surface area contributed by atoms with Gasteiger partial charge in [-0.05, 0) is 0 Å². The zero-order chi connectivity index (χ0) is 22.6. The van der Waals surface area contributed by atoms with Crippen molar-refractivity contribution in [1.29, 1.82) is 0 Å². The molecule has 0 aromatic rings. The van der Waals surface area contributed by atoms with Crippen LogP contribution in [0.1, 0.15) is 48.0 Å². The molecule has 2 N–H and O–H groups in total. The standard InChI is InChI=1S/3C5H11O3.C3H8N.Ti/c3*1-4-8-5(2,6)7-3;1-2-3-4;/h3*4H2,1-3H3;1-4H2;/q3*-1;;+3. The summed E-state index contributed by atoms with van der Waals surface area (Å²) in [7, 11) is 4.42. The predicted octanol–water partition coefficient (Wildman–Crippen LogP) is 2.77. The Morgan fingerprint density at radius 2 is 0.966 bits per heavy atom. The van der Waals surface area contributed by atoms with Crippen LogP contribution in [0.4, 0.5) is 0 Å². The van der Waals surface area contributed by atoms with E-state index in [-0.39, 0.29) is 0 Å². The van der Waals surface area contributed by atoms with Crippen LogP contribution in [0.5, 0.6) is 0 Å². The first kappa shape index (κ1) is 29.3. The molecule has 0 aliphatic carbocycles. The molecule has 0 aliphatic heterocycles. The van der Waals surface area contributed by atoms with Crippen LogP contribution in [-0.4, -0.2) is 65.6 Å². The summed E-state index contributed by atoms with van der Waals surface area (Å²) in [6.45, 7) is 11.8. The van der Waals surface area contributed by atoms with Crippen molar-refractivity contribution in [2.75, 3.05) is 47.7 Å². The average Bonchev–Trinajstić information content (AvgIpc) is 2.66. The summed E-state index contributed by atoms with van der Waals surface area (Å²) >= 11 is -4.39. The minimum absolute atomic E-state index is 0.347. The van der Waals surface area contributed by atoms with Gasteiger partial charge in [0.25, 0.3) is 0 Å². The van der Waals surface area contributed by atoms with Crippen molar-refractivity contribution >= 4 is 0 Å². The second-order valence-electron chi connectivity index (χ2n) is 6.38. The van der Waals surface area contributed by atoms with Gasteiger partial charge < -0.3 is 0 Å². The third-order valence-electron chi connectivity index (χ3n) is 4.04. The van der Waals surface area contributed by atoms with Crippen molar-refractivity contribution in [1.82, 2.24) is 0 Å². The van der Waals surface area contributed by atoms with Crippen LogP contribution in [0.15, 0.2) is 0 Å². The molecule has 176 valence electrons. The van der Waals surface area contributed by atoms with Crippen LogP contribution in [0.3, 0.4) is 0 Å². The molecule has 0 radical (unpaired) electrons. The van der Waals surface area contributed by atoms with Crippen molar-refractivity contribution in [2.45, 2.75) is 70.6 Å². The van der Waals surface area contributed by atoms with E-state index in [4.69, 9.17) is 44.1 Å². The fourth-order valence-electron chi connectivity index (χ4n) is 2.56. The fraction of sp³-hybridized carbons (Fsp3) is 1.00. The van der Waals surface area contributed by atoms with E-state index < -0.39 is 35.7 Å². The summed E-state index contributed by atoms with van der Waals surface area (Å²) in [5.41, 5.74) is 5.78. The van der Waals surface area contributed by atoms with Gasteiger partial charge >= 0.3 is 180 Å². The molecule has 29 heavy (non-hydrogen) atoms. The van der Waals surface area contributed by atoms with E-state index in [1.54, 1.807) is 20.8 Å². The second-order valence-corrected chi connectivity index (χ2v) is 10.3. The fourth-order valence-corrected chi connectivity index (χ4v) is 7.54. The Labute approximate surface area is 180 Å². The Balaban J connectivity index is 6.24. The summed E-state index contributed by atoms with van der Waals surface area (Å²) in [4.78, 5) is 0. The molecule has 3 atom stereocenters. The van der Waals surface area contributed by atoms with Gasteiger partial charge in [0.05, 0.1) is 0 Å². The van der Waals surface area contributed by atoms with Crippen molar-refractivity contribution in [3.8, 4) is 0 Å². The van der Waals surface area contributed by atoms with Crippen LogP contribution in [0.25, 0.3) is 0 Å². The molecular formula is C18H41NO9Ti. The molecule has 0 spiro atoms. The number of ether oxygens (including phenoxy) is 6. The Kier molecular flexibility index (Phi) is 13.8. The molecule has 0 aliphatic rings. The van der Waals surface area contributed by atoms with Crippen LogP contribution in [-0.2, 0) is 56.1 Å². The summed E-state index contributed by atoms with van der Waals surface area (Å²) < 4.78 is 52.8. The van der Waals surface area contributed by atoms with Crippen LogP contribution < -0.4 is 5.73 Å². The van der Waals surface area contributed by atoms with E-state index >= 15 is 0 Å². The molecule has 11 heteroatoms. The van der Waals surface area contributed by atoms with E-state index in [0.29, 0.717) is 37.5 Å². The molecule has 0 bridgehead atoms. The first-order chi connectivity index (χ1) is 13.5. The SMILES string of the molecule is CCOC(C)(OC)[O][Ti]([CH2]CCN)([O]C(C)(OC)OCC)[O]C(C)(OC)OCC. The van der Waals surface area contributed by atoms with E-state index in [0.717, 1.165) is 0 Å². The van der Waals surface area contributed by atoms with Gasteiger partial charge in [-0.2, -0.15) is 0 Å². The van der Waals surface area contributed by atoms with Crippen molar-refractivity contribution < 1.29 is 56.1 Å². The summed E-state index contributed by atoms with van der Waals surface area (Å²) in [5, 5.41) is 0. The number of methoxy groups -OCH3 is 3. The molecule has 10 nitrogen and oxygen atoms in total. The normalized spacial score (nSPS) is 20.5. The Morgan fingerprint density at radius 1 is 0.655 bits per heavy atom. The average molecular weight is 463 g/mol. The molecule has 0 saturated carbocycles. The Hall–Kier alpha value is 0.314. The van der Waals surface area contributed by atoms with E-state index in [1.807, 2.05) is 20.8 Å². The molecule has 0 aromatic carbocycles. The number of nitrogens with two attached hydrogens (primary N) is 1. The third kappa shape index (κ3) is 9.98. The van der Waals surface area contributed by atoms with Crippen LogP contribution in [0.2, 0.25) is 4.73 Å². The maximum absolute atomic E-state index is 6.33. The van der Waals surface area contributed by atoms with E-state index in [9.17, 15) is 0 Å². The summed E-state index contributed by atoms with van der Waals surface area (Å²) in [6.07, 6.45) is 0.559. The molecule has 3 unspecified atom stereocenters. The number of hydrogen-bond acceptors (Lipinski definition) is 10. The summed E-state index contributed by atoms with van der Waals surface area (Å²) in [6, 6.07) is 0. The van der Waals surface area contributed by atoms with Gasteiger partial charge in [0.2, 0.25) is 0 Å². The van der Waals surface area contributed by atoms with Crippen molar-refractivity contribution in [3.05, 3.63) is 0 Å². The van der Waals surface area contributed by atoms with Gasteiger partial charge in [0, 0.05) is 0 Å². The van der Waals surface area contributed by atoms with Gasteiger partial charge in [0.1, 0.15) is 0 Å². The third-order valence-corrected chi connectivity index (χ3v) is 8.74. The number of hydrogen-bond donors (Lipinski definition) is 1. The molecule has 0 fully saturated rings. The maximum atomic E-state index is 6.33. The topological polar surface area (TPSA) is 109 Å². The second kappa shape index (κ2) is 13.7. The monoisotopic (exact) mass is 463 g/mol. The summed E-state index contributed by atoms with van der Waals surface area (Å²) in [5.74, 6) is -4.28. The first-order valence-electron chi connectivity index (χ1n) is 9.92. The quantitative estimate of drug-likeness (QED) is 0.241. The molecular weight excluding hydrogens is 422 g/mol. The van der Waals surface area contributed by atoms with Crippen molar-refractivity contribution in [3.63, 3.8) is 0 Å². The molecule has 0 heterocycles. The van der Waals surface area contributed by atoms with Gasteiger partial charge in [-0.1, -0.05) is 0 Å². The molecule has 0 amide bonds. The Bertz CT molecular complexity index is 392. The zero-order valence-corrected chi connectivity index (χ0v) is 21.1. The van der Waals surface area contributed by atoms with E-state index in [2.05, 4.69) is 0 Å². The van der Waals surface area contributed by atoms with Gasteiger partial charge in [-0.25, -0.2) is 0 Å². The zero-order valence-electron chi connectivity index (χ0n) is 19.5.